The monoisotopic (exact) mass is 281 g/mol. The minimum atomic E-state index is -0.294. The molecule has 82 valence electrons. The van der Waals surface area contributed by atoms with Crippen LogP contribution >= 0.6 is 15.9 Å². The average Bonchev–Trinajstić information content (AvgIpc) is 2.68. The van der Waals surface area contributed by atoms with Crippen molar-refractivity contribution in [2.45, 2.75) is 0 Å². The highest BCUT2D eigenvalue weighted by Crippen LogP contribution is 2.18. The Morgan fingerprint density at radius 3 is 2.81 bits per heavy atom. The van der Waals surface area contributed by atoms with Crippen LogP contribution in [0.2, 0.25) is 0 Å². The Balaban J connectivity index is 2.14. The lowest BCUT2D eigenvalue weighted by atomic mass is 10.3. The Morgan fingerprint density at radius 1 is 1.44 bits per heavy atom. The summed E-state index contributed by atoms with van der Waals surface area (Å²) in [5, 5.41) is 2.62. The zero-order valence-electron chi connectivity index (χ0n) is 8.11. The molecule has 0 fully saturated rings. The quantitative estimate of drug-likeness (QED) is 0.885. The van der Waals surface area contributed by atoms with E-state index >= 15 is 0 Å². The Morgan fingerprint density at radius 2 is 2.25 bits per heavy atom. The summed E-state index contributed by atoms with van der Waals surface area (Å²) in [6.07, 6.45) is 2.90. The minimum absolute atomic E-state index is 0.294. The van der Waals surface area contributed by atoms with Crippen LogP contribution in [0.25, 0.3) is 0 Å². The van der Waals surface area contributed by atoms with Gasteiger partial charge in [-0.15, -0.1) is 0 Å². The van der Waals surface area contributed by atoms with Crippen LogP contribution in [0.5, 0.6) is 0 Å². The van der Waals surface area contributed by atoms with Gasteiger partial charge in [0.05, 0.1) is 23.7 Å². The number of amides is 1. The van der Waals surface area contributed by atoms with Gasteiger partial charge in [-0.3, -0.25) is 4.79 Å². The van der Waals surface area contributed by atoms with Gasteiger partial charge < -0.3 is 15.5 Å². The van der Waals surface area contributed by atoms with Gasteiger partial charge in [-0.25, -0.2) is 4.98 Å². The second-order valence-corrected chi connectivity index (χ2v) is 3.76. The summed E-state index contributed by atoms with van der Waals surface area (Å²) in [7, 11) is 0. The third-order valence-electron chi connectivity index (χ3n) is 1.89. The fourth-order valence-corrected chi connectivity index (χ4v) is 1.54. The number of nitrogens with one attached hydrogen (secondary N) is 1. The zero-order chi connectivity index (χ0) is 11.5. The Bertz CT molecular complexity index is 507. The maximum atomic E-state index is 11.7. The molecule has 0 spiro atoms. The van der Waals surface area contributed by atoms with Crippen LogP contribution in [-0.4, -0.2) is 10.9 Å². The molecule has 6 heteroatoms. The number of furan rings is 1. The highest BCUT2D eigenvalue weighted by molar-refractivity contribution is 9.10. The van der Waals surface area contributed by atoms with Gasteiger partial charge in [0.1, 0.15) is 5.82 Å². The Kier molecular flexibility index (Phi) is 2.91. The molecular formula is C10H8BrN3O2. The predicted octanol–water partition coefficient (Wildman–Crippen LogP) is 2.27. The van der Waals surface area contributed by atoms with E-state index in [-0.39, 0.29) is 5.91 Å². The number of carbonyl (C=O) groups excluding carboxylic acids is 1. The van der Waals surface area contributed by atoms with Crippen LogP contribution < -0.4 is 11.1 Å². The standard InChI is InChI=1S/C10H8BrN3O2/c11-9-7(3-4-16-9)10(15)14-8-2-1-6(12)5-13-8/h1-5H,12H2,(H,13,14,15). The van der Waals surface area contributed by atoms with Crippen molar-refractivity contribution >= 4 is 33.3 Å². The van der Waals surface area contributed by atoms with Gasteiger partial charge in [-0.1, -0.05) is 0 Å². The molecule has 0 aliphatic carbocycles. The first-order valence-corrected chi connectivity index (χ1v) is 5.22. The maximum Gasteiger partial charge on any atom is 0.261 e. The van der Waals surface area contributed by atoms with E-state index in [0.717, 1.165) is 0 Å². The van der Waals surface area contributed by atoms with E-state index in [4.69, 9.17) is 10.2 Å². The summed E-state index contributed by atoms with van der Waals surface area (Å²) >= 11 is 3.12. The first-order valence-electron chi connectivity index (χ1n) is 4.42. The lowest BCUT2D eigenvalue weighted by molar-refractivity contribution is 0.102. The highest BCUT2D eigenvalue weighted by Gasteiger charge is 2.12. The molecule has 2 aromatic rings. The van der Waals surface area contributed by atoms with Crippen LogP contribution in [-0.2, 0) is 0 Å². The van der Waals surface area contributed by atoms with E-state index in [0.29, 0.717) is 21.7 Å². The van der Waals surface area contributed by atoms with Crippen molar-refractivity contribution in [3.63, 3.8) is 0 Å². The summed E-state index contributed by atoms with van der Waals surface area (Å²) in [6.45, 7) is 0. The summed E-state index contributed by atoms with van der Waals surface area (Å²) in [4.78, 5) is 15.7. The summed E-state index contributed by atoms with van der Waals surface area (Å²) in [6, 6.07) is 4.85. The van der Waals surface area contributed by atoms with Gasteiger partial charge in [0.25, 0.3) is 5.91 Å². The lowest BCUT2D eigenvalue weighted by Gasteiger charge is -2.02. The van der Waals surface area contributed by atoms with Gasteiger partial charge in [0.15, 0.2) is 4.67 Å². The fourth-order valence-electron chi connectivity index (χ4n) is 1.12. The molecule has 16 heavy (non-hydrogen) atoms. The van der Waals surface area contributed by atoms with Crippen LogP contribution in [0.15, 0.2) is 39.7 Å². The molecule has 2 aromatic heterocycles. The fraction of sp³-hybridized carbons (Fsp3) is 0. The number of anilines is 2. The van der Waals surface area contributed by atoms with Gasteiger partial charge in [-0.05, 0) is 34.1 Å². The molecule has 0 bridgehead atoms. The molecule has 2 rings (SSSR count). The molecule has 0 saturated heterocycles. The molecule has 0 aromatic carbocycles. The molecule has 3 N–H and O–H groups in total. The number of pyridine rings is 1. The van der Waals surface area contributed by atoms with Gasteiger partial charge >= 0.3 is 0 Å². The molecular weight excluding hydrogens is 274 g/mol. The van der Waals surface area contributed by atoms with Gasteiger partial charge in [0.2, 0.25) is 0 Å². The topological polar surface area (TPSA) is 81.1 Å². The normalized spacial score (nSPS) is 10.1. The molecule has 5 nitrogen and oxygen atoms in total. The molecule has 0 radical (unpaired) electrons. The van der Waals surface area contributed by atoms with E-state index in [1.54, 1.807) is 18.2 Å². The second kappa shape index (κ2) is 4.36. The number of nitrogen functional groups attached to an aromatic ring is 1. The van der Waals surface area contributed by atoms with Crippen molar-refractivity contribution in [3.05, 3.63) is 40.9 Å². The van der Waals surface area contributed by atoms with Gasteiger partial charge in [-0.2, -0.15) is 0 Å². The van der Waals surface area contributed by atoms with Crippen LogP contribution in [0.4, 0.5) is 11.5 Å². The number of aromatic nitrogens is 1. The van der Waals surface area contributed by atoms with Crippen LogP contribution in [0.3, 0.4) is 0 Å². The molecule has 1 amide bonds. The van der Waals surface area contributed by atoms with Crippen molar-refractivity contribution in [2.24, 2.45) is 0 Å². The maximum absolute atomic E-state index is 11.7. The van der Waals surface area contributed by atoms with Crippen molar-refractivity contribution in [3.8, 4) is 0 Å². The van der Waals surface area contributed by atoms with Crippen LogP contribution in [0.1, 0.15) is 10.4 Å². The summed E-state index contributed by atoms with van der Waals surface area (Å²) in [5.74, 6) is 0.144. The van der Waals surface area contributed by atoms with Crippen molar-refractivity contribution in [1.29, 1.82) is 0 Å². The molecule has 0 saturated carbocycles. The highest BCUT2D eigenvalue weighted by atomic mass is 79.9. The van der Waals surface area contributed by atoms with Crippen molar-refractivity contribution in [2.75, 3.05) is 11.1 Å². The smallest absolute Gasteiger partial charge is 0.261 e. The predicted molar refractivity (Wildman–Crippen MR) is 63.0 cm³/mol. The SMILES string of the molecule is Nc1ccc(NC(=O)c2ccoc2Br)nc1. The number of hydrogen-bond donors (Lipinski definition) is 2. The van der Waals surface area contributed by atoms with E-state index in [2.05, 4.69) is 26.2 Å². The number of nitrogens with zero attached hydrogens (tertiary/aromatic N) is 1. The Labute approximate surface area is 99.8 Å². The first-order chi connectivity index (χ1) is 7.66. The number of nitrogens with two attached hydrogens (primary N) is 1. The van der Waals surface area contributed by atoms with Gasteiger partial charge in [0, 0.05) is 0 Å². The van der Waals surface area contributed by atoms with Crippen LogP contribution in [0, 0.1) is 0 Å². The molecule has 0 unspecified atom stereocenters. The number of rotatable bonds is 2. The van der Waals surface area contributed by atoms with E-state index in [9.17, 15) is 4.79 Å². The molecule has 0 atom stereocenters. The van der Waals surface area contributed by atoms with E-state index < -0.39 is 0 Å². The third-order valence-corrected chi connectivity index (χ3v) is 2.50. The van der Waals surface area contributed by atoms with Crippen molar-refractivity contribution < 1.29 is 9.21 Å². The number of carbonyl (C=O) groups is 1. The number of hydrogen-bond acceptors (Lipinski definition) is 4. The first kappa shape index (κ1) is 10.7. The zero-order valence-corrected chi connectivity index (χ0v) is 9.69. The molecule has 0 aliphatic rings. The minimum Gasteiger partial charge on any atom is -0.457 e. The summed E-state index contributed by atoms with van der Waals surface area (Å²) < 4.78 is 5.35. The van der Waals surface area contributed by atoms with E-state index in [1.807, 2.05) is 0 Å². The Hall–Kier alpha value is -1.82. The third kappa shape index (κ3) is 2.22. The summed E-state index contributed by atoms with van der Waals surface area (Å²) in [5.41, 5.74) is 6.44. The second-order valence-electron chi connectivity index (χ2n) is 3.04. The number of halogens is 1. The molecule has 0 aliphatic heterocycles. The van der Waals surface area contributed by atoms with Crippen molar-refractivity contribution in [1.82, 2.24) is 4.98 Å². The largest absolute Gasteiger partial charge is 0.457 e. The van der Waals surface area contributed by atoms with E-state index in [1.165, 1.54) is 12.5 Å². The average molecular weight is 282 g/mol. The molecule has 2 heterocycles. The lowest BCUT2D eigenvalue weighted by Crippen LogP contribution is -2.12.